The van der Waals surface area contributed by atoms with E-state index in [0.717, 1.165) is 50.6 Å². The van der Waals surface area contributed by atoms with Gasteiger partial charge in [0.25, 0.3) is 5.79 Å². The van der Waals surface area contributed by atoms with Gasteiger partial charge in [0.1, 0.15) is 0 Å². The lowest BCUT2D eigenvalue weighted by molar-refractivity contribution is -0.146. The third kappa shape index (κ3) is 3.64. The molecule has 1 atom stereocenters. The minimum absolute atomic E-state index is 0.417. The van der Waals surface area contributed by atoms with E-state index in [1.807, 2.05) is 24.3 Å². The summed E-state index contributed by atoms with van der Waals surface area (Å²) >= 11 is 0. The van der Waals surface area contributed by atoms with Gasteiger partial charge in [0.15, 0.2) is 11.5 Å². The number of hydrogen-bond donors (Lipinski definition) is 1. The van der Waals surface area contributed by atoms with Crippen LogP contribution in [0.4, 0.5) is 0 Å². The van der Waals surface area contributed by atoms with E-state index in [0.29, 0.717) is 5.92 Å². The van der Waals surface area contributed by atoms with Crippen molar-refractivity contribution in [3.63, 3.8) is 0 Å². The zero-order valence-electron chi connectivity index (χ0n) is 14.5. The predicted octanol–water partition coefficient (Wildman–Crippen LogP) is 3.28. The molecule has 1 aromatic rings. The summed E-state index contributed by atoms with van der Waals surface area (Å²) in [7, 11) is 0. The van der Waals surface area contributed by atoms with Crippen LogP contribution in [0.2, 0.25) is 0 Å². The summed E-state index contributed by atoms with van der Waals surface area (Å²) in [5.41, 5.74) is 0. The SMILES string of the molecule is CCN(CC)CCNCC1CCCCC12Oc1ccccc1O2. The first-order valence-corrected chi connectivity index (χ1v) is 9.17. The van der Waals surface area contributed by atoms with Crippen LogP contribution in [0.3, 0.4) is 0 Å². The Bertz CT molecular complexity index is 477. The van der Waals surface area contributed by atoms with Gasteiger partial charge >= 0.3 is 0 Å². The second kappa shape index (κ2) is 7.54. The van der Waals surface area contributed by atoms with Crippen molar-refractivity contribution >= 4 is 0 Å². The number of hydrogen-bond acceptors (Lipinski definition) is 4. The lowest BCUT2D eigenvalue weighted by Crippen LogP contribution is -2.52. The highest BCUT2D eigenvalue weighted by Gasteiger charge is 2.49. The highest BCUT2D eigenvalue weighted by Crippen LogP contribution is 2.47. The van der Waals surface area contributed by atoms with Crippen molar-refractivity contribution in [1.82, 2.24) is 10.2 Å². The average Bonchev–Trinajstić information content (AvgIpc) is 2.95. The standard InChI is InChI=1S/C19H30N2O2/c1-3-21(4-2)14-13-20-15-16-9-7-8-12-19(16)22-17-10-5-6-11-18(17)23-19/h5-6,10-11,16,20H,3-4,7-9,12-15H2,1-2H3. The Labute approximate surface area is 140 Å². The van der Waals surface area contributed by atoms with E-state index in [1.54, 1.807) is 0 Å². The number of ether oxygens (including phenoxy) is 2. The quantitative estimate of drug-likeness (QED) is 0.782. The molecule has 1 heterocycles. The molecular weight excluding hydrogens is 288 g/mol. The topological polar surface area (TPSA) is 33.7 Å². The molecule has 2 aliphatic rings. The molecular formula is C19H30N2O2. The van der Waals surface area contributed by atoms with E-state index in [9.17, 15) is 0 Å². The zero-order chi connectivity index (χ0) is 16.1. The van der Waals surface area contributed by atoms with Crippen molar-refractivity contribution in [3.05, 3.63) is 24.3 Å². The largest absolute Gasteiger partial charge is 0.448 e. The van der Waals surface area contributed by atoms with Gasteiger partial charge in [-0.25, -0.2) is 0 Å². The Morgan fingerprint density at radius 1 is 1.13 bits per heavy atom. The van der Waals surface area contributed by atoms with Gasteiger partial charge in [0.2, 0.25) is 0 Å². The fourth-order valence-electron chi connectivity index (χ4n) is 3.78. The molecule has 4 heteroatoms. The van der Waals surface area contributed by atoms with E-state index in [-0.39, 0.29) is 0 Å². The maximum Gasteiger partial charge on any atom is 0.255 e. The van der Waals surface area contributed by atoms with E-state index < -0.39 is 5.79 Å². The molecule has 128 valence electrons. The number of benzene rings is 1. The fourth-order valence-corrected chi connectivity index (χ4v) is 3.78. The molecule has 1 N–H and O–H groups in total. The fraction of sp³-hybridized carbons (Fsp3) is 0.684. The number of fused-ring (bicyclic) bond motifs is 1. The van der Waals surface area contributed by atoms with E-state index in [1.165, 1.54) is 19.3 Å². The second-order valence-electron chi connectivity index (χ2n) is 6.64. The van der Waals surface area contributed by atoms with Crippen LogP contribution in [0.1, 0.15) is 39.5 Å². The van der Waals surface area contributed by atoms with E-state index in [4.69, 9.17) is 9.47 Å². The van der Waals surface area contributed by atoms with Crippen LogP contribution < -0.4 is 14.8 Å². The van der Waals surface area contributed by atoms with Gasteiger partial charge in [-0.1, -0.05) is 32.4 Å². The monoisotopic (exact) mass is 318 g/mol. The van der Waals surface area contributed by atoms with Gasteiger partial charge in [0.05, 0.1) is 0 Å². The van der Waals surface area contributed by atoms with E-state index in [2.05, 4.69) is 24.1 Å². The molecule has 0 aromatic heterocycles. The number of likely N-dealkylation sites (N-methyl/N-ethyl adjacent to an activating group) is 1. The average molecular weight is 318 g/mol. The number of rotatable bonds is 7. The summed E-state index contributed by atoms with van der Waals surface area (Å²) in [4.78, 5) is 2.45. The van der Waals surface area contributed by atoms with Crippen LogP contribution in [0, 0.1) is 5.92 Å². The van der Waals surface area contributed by atoms with Crippen LogP contribution in [0.5, 0.6) is 11.5 Å². The number of nitrogens with one attached hydrogen (secondary N) is 1. The van der Waals surface area contributed by atoms with Gasteiger partial charge < -0.3 is 19.7 Å². The summed E-state index contributed by atoms with van der Waals surface area (Å²) in [6.45, 7) is 9.78. The van der Waals surface area contributed by atoms with Crippen molar-refractivity contribution in [1.29, 1.82) is 0 Å². The highest BCUT2D eigenvalue weighted by atomic mass is 16.7. The summed E-state index contributed by atoms with van der Waals surface area (Å²) in [6.07, 6.45) is 4.62. The van der Waals surface area contributed by atoms with Crippen LogP contribution in [-0.4, -0.2) is 43.4 Å². The van der Waals surface area contributed by atoms with Crippen molar-refractivity contribution < 1.29 is 9.47 Å². The zero-order valence-corrected chi connectivity index (χ0v) is 14.5. The van der Waals surface area contributed by atoms with Crippen LogP contribution in [-0.2, 0) is 0 Å². The first kappa shape index (κ1) is 16.6. The molecule has 1 aliphatic carbocycles. The van der Waals surface area contributed by atoms with Gasteiger partial charge in [0, 0.05) is 32.0 Å². The van der Waals surface area contributed by atoms with Crippen molar-refractivity contribution in [3.8, 4) is 11.5 Å². The van der Waals surface area contributed by atoms with Crippen molar-refractivity contribution in [2.24, 2.45) is 5.92 Å². The summed E-state index contributed by atoms with van der Waals surface area (Å²) < 4.78 is 12.6. The molecule has 0 amide bonds. The minimum atomic E-state index is -0.440. The van der Waals surface area contributed by atoms with Gasteiger partial charge in [-0.15, -0.1) is 0 Å². The Morgan fingerprint density at radius 3 is 2.48 bits per heavy atom. The third-order valence-corrected chi connectivity index (χ3v) is 5.25. The Kier molecular flexibility index (Phi) is 5.44. The molecule has 1 unspecified atom stereocenters. The molecule has 0 saturated heterocycles. The molecule has 3 rings (SSSR count). The smallest absolute Gasteiger partial charge is 0.255 e. The molecule has 0 bridgehead atoms. The predicted molar refractivity (Wildman–Crippen MR) is 93.0 cm³/mol. The number of para-hydroxylation sites is 2. The van der Waals surface area contributed by atoms with Crippen molar-refractivity contribution in [2.45, 2.75) is 45.3 Å². The molecule has 1 fully saturated rings. The summed E-state index contributed by atoms with van der Waals surface area (Å²) in [5.74, 6) is 1.79. The normalized spacial score (nSPS) is 22.0. The highest BCUT2D eigenvalue weighted by molar-refractivity contribution is 5.43. The summed E-state index contributed by atoms with van der Waals surface area (Å²) in [5, 5.41) is 3.63. The second-order valence-corrected chi connectivity index (χ2v) is 6.64. The van der Waals surface area contributed by atoms with E-state index >= 15 is 0 Å². The molecule has 23 heavy (non-hydrogen) atoms. The molecule has 0 radical (unpaired) electrons. The van der Waals surface area contributed by atoms with Gasteiger partial charge in [-0.2, -0.15) is 0 Å². The van der Waals surface area contributed by atoms with Gasteiger partial charge in [-0.3, -0.25) is 0 Å². The van der Waals surface area contributed by atoms with Crippen LogP contribution in [0.25, 0.3) is 0 Å². The van der Waals surface area contributed by atoms with Crippen LogP contribution >= 0.6 is 0 Å². The Hall–Kier alpha value is -1.26. The summed E-state index contributed by atoms with van der Waals surface area (Å²) in [6, 6.07) is 8.07. The molecule has 1 aromatic carbocycles. The molecule has 4 nitrogen and oxygen atoms in total. The first-order chi connectivity index (χ1) is 11.3. The lowest BCUT2D eigenvalue weighted by Gasteiger charge is -2.39. The first-order valence-electron chi connectivity index (χ1n) is 9.17. The lowest BCUT2D eigenvalue weighted by atomic mass is 9.83. The van der Waals surface area contributed by atoms with Gasteiger partial charge in [-0.05, 0) is 38.1 Å². The van der Waals surface area contributed by atoms with Crippen molar-refractivity contribution in [2.75, 3.05) is 32.7 Å². The Morgan fingerprint density at radius 2 is 1.83 bits per heavy atom. The molecule has 1 aliphatic heterocycles. The maximum atomic E-state index is 6.30. The third-order valence-electron chi connectivity index (χ3n) is 5.25. The molecule has 1 spiro atoms. The maximum absolute atomic E-state index is 6.30. The van der Waals surface area contributed by atoms with Crippen LogP contribution in [0.15, 0.2) is 24.3 Å². The Balaban J connectivity index is 1.56. The minimum Gasteiger partial charge on any atom is -0.448 e. The molecule has 1 saturated carbocycles. The number of nitrogens with zero attached hydrogens (tertiary/aromatic N) is 1.